The van der Waals surface area contributed by atoms with Crippen LogP contribution in [0.4, 0.5) is 13.2 Å². The number of alkyl halides is 6. The van der Waals surface area contributed by atoms with Gasteiger partial charge in [0.05, 0.1) is 0 Å². The second-order valence-electron chi connectivity index (χ2n) is 8.58. The van der Waals surface area contributed by atoms with Gasteiger partial charge in [0.2, 0.25) is 0 Å². The third kappa shape index (κ3) is 6.44. The van der Waals surface area contributed by atoms with Crippen molar-refractivity contribution in [2.45, 2.75) is 55.5 Å². The summed E-state index contributed by atoms with van der Waals surface area (Å²) in [5.74, 6) is 0.457. The van der Waals surface area contributed by atoms with Gasteiger partial charge in [0, 0.05) is 0 Å². The molecule has 0 spiro atoms. The molecule has 0 saturated carbocycles. The van der Waals surface area contributed by atoms with Gasteiger partial charge in [-0.15, -0.1) is 0 Å². The minimum atomic E-state index is -4.14. The van der Waals surface area contributed by atoms with Gasteiger partial charge in [0.25, 0.3) is 0 Å². The number of hydrogen-bond donors (Lipinski definition) is 3. The van der Waals surface area contributed by atoms with Crippen LogP contribution in [-0.2, 0) is 11.8 Å². The molecule has 1 unspecified atom stereocenters. The second-order valence-corrected chi connectivity index (χ2v) is 17.9. The predicted molar refractivity (Wildman–Crippen MR) is 139 cm³/mol. The number of allylic oxidation sites excluding steroid dienone is 4. The van der Waals surface area contributed by atoms with E-state index in [1.807, 2.05) is 17.8 Å². The molecule has 1 saturated heterocycles. The van der Waals surface area contributed by atoms with Gasteiger partial charge in [-0.2, -0.15) is 0 Å². The quantitative estimate of drug-likeness (QED) is 0.134. The maximum atomic E-state index is 12.5. The van der Waals surface area contributed by atoms with E-state index in [0.29, 0.717) is 30.7 Å². The molecule has 4 N–H and O–H groups in total. The number of aryl methyl sites for hydroxylation is 1. The SMILES string of the molecule is CC[I-]C1=CC2(C(N)=O)CI2C(c2nc(/C(=C/C(C)=N)CCCCCC(F)(F)F)cn2C)=C1C=N. The van der Waals surface area contributed by atoms with Crippen molar-refractivity contribution >= 4 is 46.8 Å². The Morgan fingerprint density at radius 1 is 1.37 bits per heavy atom. The van der Waals surface area contributed by atoms with Gasteiger partial charge in [-0.3, -0.25) is 0 Å². The first-order chi connectivity index (χ1) is 16.4. The number of amides is 1. The molecule has 35 heavy (non-hydrogen) atoms. The van der Waals surface area contributed by atoms with Gasteiger partial charge in [-0.05, 0) is 0 Å². The molecular weight excluding hydrogens is 685 g/mol. The van der Waals surface area contributed by atoms with Crippen LogP contribution in [0.15, 0.2) is 27.5 Å². The molecule has 2 aliphatic rings. The standard InChI is InChI=1S/C24H31F3I2N5O/c1-4-28-18-11-23(22(32)35)14-29(23)20(17(18)12-30)21-33-19(13-34(21)3)16(10-15(2)31)8-6-5-7-9-24(25,26)27/h10-13,30-31H,4-9,14H2,1-3H3,(H2,32,35)/q-1/b16-10+,30-12?,31-15?. The summed E-state index contributed by atoms with van der Waals surface area (Å²) in [6.07, 6.45) is 3.78. The number of nitrogens with two attached hydrogens (primary N) is 1. The van der Waals surface area contributed by atoms with Crippen LogP contribution in [-0.4, -0.2) is 45.8 Å². The van der Waals surface area contributed by atoms with E-state index in [2.05, 4.69) is 13.0 Å². The number of fused-ring (bicyclic) bond motifs is 1. The van der Waals surface area contributed by atoms with Crippen LogP contribution in [0.3, 0.4) is 0 Å². The molecule has 194 valence electrons. The number of carbonyl (C=O) groups excluding carboxylic acids is 1. The van der Waals surface area contributed by atoms with Gasteiger partial charge in [-0.1, -0.05) is 0 Å². The molecule has 1 aromatic heterocycles. The van der Waals surface area contributed by atoms with E-state index >= 15 is 0 Å². The zero-order valence-corrected chi connectivity index (χ0v) is 24.3. The van der Waals surface area contributed by atoms with E-state index in [0.717, 1.165) is 33.0 Å². The Morgan fingerprint density at radius 3 is 2.66 bits per heavy atom. The van der Waals surface area contributed by atoms with E-state index in [1.165, 1.54) is 6.21 Å². The van der Waals surface area contributed by atoms with Crippen molar-refractivity contribution in [1.29, 1.82) is 10.8 Å². The van der Waals surface area contributed by atoms with Crippen LogP contribution < -0.4 is 26.9 Å². The Bertz CT molecular complexity index is 1120. The van der Waals surface area contributed by atoms with E-state index in [1.54, 1.807) is 13.0 Å². The van der Waals surface area contributed by atoms with E-state index < -0.39 is 35.8 Å². The number of rotatable bonds is 12. The molecule has 0 bridgehead atoms. The molecule has 1 amide bonds. The molecule has 1 atom stereocenters. The molecule has 11 heteroatoms. The van der Waals surface area contributed by atoms with Crippen LogP contribution in [0.25, 0.3) is 9.15 Å². The normalized spacial score (nSPS) is 21.1. The summed E-state index contributed by atoms with van der Waals surface area (Å²) >= 11 is -2.35. The van der Waals surface area contributed by atoms with Crippen LogP contribution in [0.2, 0.25) is 0 Å². The number of nitrogens with one attached hydrogen (secondary N) is 2. The number of aromatic nitrogens is 2. The Kier molecular flexibility index (Phi) is 9.03. The van der Waals surface area contributed by atoms with Crippen molar-refractivity contribution in [2.24, 2.45) is 12.8 Å². The third-order valence-electron chi connectivity index (χ3n) is 5.76. The average molecular weight is 716 g/mol. The van der Waals surface area contributed by atoms with Gasteiger partial charge in [0.15, 0.2) is 0 Å². The third-order valence-corrected chi connectivity index (χ3v) is 15.2. The topological polar surface area (TPSA) is 109 Å². The van der Waals surface area contributed by atoms with Gasteiger partial charge < -0.3 is 0 Å². The minimum absolute atomic E-state index is 0.0855. The van der Waals surface area contributed by atoms with Crippen molar-refractivity contribution in [1.82, 2.24) is 9.55 Å². The maximum absolute atomic E-state index is 12.5. The molecule has 3 heterocycles. The number of unbranched alkanes of at least 4 members (excludes halogenated alkanes) is 2. The van der Waals surface area contributed by atoms with E-state index in [4.69, 9.17) is 21.5 Å². The first kappa shape index (κ1) is 28.1. The van der Waals surface area contributed by atoms with Crippen LogP contribution in [0.5, 0.6) is 0 Å². The average Bonchev–Trinajstić information content (AvgIpc) is 3.38. The van der Waals surface area contributed by atoms with Crippen molar-refractivity contribution in [3.63, 3.8) is 0 Å². The zero-order valence-electron chi connectivity index (χ0n) is 20.0. The van der Waals surface area contributed by atoms with E-state index in [-0.39, 0.29) is 33.5 Å². The Labute approximate surface area is 221 Å². The Hall–Kier alpha value is -1.51. The number of nitrogens with zero attached hydrogens (tertiary/aromatic N) is 2. The van der Waals surface area contributed by atoms with Gasteiger partial charge in [0.1, 0.15) is 0 Å². The molecule has 2 aliphatic heterocycles. The van der Waals surface area contributed by atoms with E-state index in [9.17, 15) is 18.0 Å². The number of halogens is 5. The number of carbonyl (C=O) groups is 1. The van der Waals surface area contributed by atoms with Gasteiger partial charge in [-0.25, -0.2) is 0 Å². The first-order valence-electron chi connectivity index (χ1n) is 11.3. The molecule has 0 aliphatic carbocycles. The molecular formula is C24H31F3I2N5O-. The number of hydrogen-bond acceptors (Lipinski definition) is 4. The molecule has 6 nitrogen and oxygen atoms in total. The monoisotopic (exact) mass is 716 g/mol. The molecule has 1 aromatic rings. The van der Waals surface area contributed by atoms with Crippen molar-refractivity contribution in [3.05, 3.63) is 39.0 Å². The van der Waals surface area contributed by atoms with Crippen LogP contribution >= 0.6 is 19.8 Å². The number of primary amides is 1. The Morgan fingerprint density at radius 2 is 2.09 bits per heavy atom. The summed E-state index contributed by atoms with van der Waals surface area (Å²) in [6.45, 7) is 3.77. The number of imidazole rings is 1. The fourth-order valence-electron chi connectivity index (χ4n) is 4.05. The fraction of sp³-hybridized carbons (Fsp3) is 0.500. The summed E-state index contributed by atoms with van der Waals surface area (Å²) in [7, 11) is 1.89. The van der Waals surface area contributed by atoms with Crippen molar-refractivity contribution in [3.8, 4) is 0 Å². The zero-order chi connectivity index (χ0) is 26.0. The summed E-state index contributed by atoms with van der Waals surface area (Å²) < 4.78 is 42.6. The molecule has 0 radical (unpaired) electrons. The summed E-state index contributed by atoms with van der Waals surface area (Å²) in [5, 5.41) is 16.1. The van der Waals surface area contributed by atoms with Crippen molar-refractivity contribution in [2.75, 3.05) is 8.86 Å². The van der Waals surface area contributed by atoms with Crippen LogP contribution in [0.1, 0.15) is 57.5 Å². The van der Waals surface area contributed by atoms with Crippen molar-refractivity contribution < 1.29 is 39.2 Å². The molecule has 3 rings (SSSR count). The second kappa shape index (κ2) is 11.3. The Balaban J connectivity index is 1.93. The van der Waals surface area contributed by atoms with Crippen LogP contribution in [0, 0.1) is 10.8 Å². The fourth-order valence-corrected chi connectivity index (χ4v) is 15.0. The first-order valence-corrected chi connectivity index (χ1v) is 17.6. The summed E-state index contributed by atoms with van der Waals surface area (Å²) in [6, 6.07) is 0. The van der Waals surface area contributed by atoms with Gasteiger partial charge >= 0.3 is 223 Å². The predicted octanol–water partition coefficient (Wildman–Crippen LogP) is 2.47. The molecule has 0 aromatic carbocycles. The summed E-state index contributed by atoms with van der Waals surface area (Å²) in [5.41, 5.74) is 8.58. The summed E-state index contributed by atoms with van der Waals surface area (Å²) in [4.78, 5) is 17.3. The molecule has 1 fully saturated rings.